The number of para-hydroxylation sites is 2. The number of nitrogens with one attached hydrogen (secondary N) is 1. The van der Waals surface area contributed by atoms with Crippen molar-refractivity contribution < 1.29 is 27.4 Å². The van der Waals surface area contributed by atoms with Crippen molar-refractivity contribution in [2.45, 2.75) is 17.4 Å². The van der Waals surface area contributed by atoms with Crippen LogP contribution in [0.3, 0.4) is 0 Å². The number of fused-ring (bicyclic) bond motifs is 2. The molecule has 0 aromatic heterocycles. The van der Waals surface area contributed by atoms with Gasteiger partial charge in [-0.2, -0.15) is 0 Å². The summed E-state index contributed by atoms with van der Waals surface area (Å²) in [6.07, 6.45) is -0.225. The number of amides is 1. The topological polar surface area (TPSA) is 94.2 Å². The van der Waals surface area contributed by atoms with Crippen LogP contribution in [0.2, 0.25) is 0 Å². The van der Waals surface area contributed by atoms with E-state index in [0.717, 1.165) is 6.42 Å². The van der Waals surface area contributed by atoms with Crippen LogP contribution in [0.4, 0.5) is 5.69 Å². The normalized spacial score (nSPS) is 18.5. The van der Waals surface area contributed by atoms with Crippen LogP contribution in [0.1, 0.15) is 6.42 Å². The van der Waals surface area contributed by atoms with Gasteiger partial charge in [0.05, 0.1) is 30.3 Å². The Morgan fingerprint density at radius 3 is 2.61 bits per heavy atom. The smallest absolute Gasteiger partial charge is 0.264 e. The van der Waals surface area contributed by atoms with Gasteiger partial charge in [0.25, 0.3) is 15.9 Å². The maximum absolute atomic E-state index is 13.4. The van der Waals surface area contributed by atoms with Crippen molar-refractivity contribution in [3.63, 3.8) is 0 Å². The first kappa shape index (κ1) is 18.4. The van der Waals surface area contributed by atoms with Crippen molar-refractivity contribution >= 4 is 21.6 Å². The highest BCUT2D eigenvalue weighted by Gasteiger charge is 2.37. The molecule has 2 aliphatic heterocycles. The Morgan fingerprint density at radius 1 is 1.07 bits per heavy atom. The first-order chi connectivity index (χ1) is 13.5. The number of ether oxygens (including phenoxy) is 3. The number of rotatable bonds is 3. The number of hydrogen-bond acceptors (Lipinski definition) is 6. The zero-order valence-electron chi connectivity index (χ0n) is 15.3. The Bertz CT molecular complexity index is 1010. The summed E-state index contributed by atoms with van der Waals surface area (Å²) in [5, 5.41) is 2.50. The van der Waals surface area contributed by atoms with Crippen molar-refractivity contribution in [1.29, 1.82) is 0 Å². The quantitative estimate of drug-likeness (QED) is 0.834. The molecule has 0 radical (unpaired) electrons. The van der Waals surface area contributed by atoms with Gasteiger partial charge < -0.3 is 19.5 Å². The van der Waals surface area contributed by atoms with Gasteiger partial charge in [-0.3, -0.25) is 9.10 Å². The van der Waals surface area contributed by atoms with E-state index in [2.05, 4.69) is 5.32 Å². The van der Waals surface area contributed by atoms with Gasteiger partial charge in [-0.15, -0.1) is 0 Å². The minimum absolute atomic E-state index is 0.0594. The maximum Gasteiger partial charge on any atom is 0.264 e. The Hall–Kier alpha value is -2.94. The molecule has 8 nitrogen and oxygen atoms in total. The molecule has 1 atom stereocenters. The van der Waals surface area contributed by atoms with Crippen LogP contribution in [0.5, 0.6) is 17.2 Å². The SMILES string of the molecule is CNC(=O)C1CN(S(=O)(=O)c2ccc3c(c2)OCCCO3)c2ccccc2O1. The fourth-order valence-electron chi connectivity index (χ4n) is 3.16. The van der Waals surface area contributed by atoms with Gasteiger partial charge in [-0.1, -0.05) is 12.1 Å². The number of sulfonamides is 1. The van der Waals surface area contributed by atoms with E-state index in [1.54, 1.807) is 30.3 Å². The van der Waals surface area contributed by atoms with Crippen LogP contribution in [0.25, 0.3) is 0 Å². The predicted molar refractivity (Wildman–Crippen MR) is 102 cm³/mol. The Labute approximate surface area is 163 Å². The summed E-state index contributed by atoms with van der Waals surface area (Å²) < 4.78 is 44.9. The monoisotopic (exact) mass is 404 g/mol. The van der Waals surface area contributed by atoms with Gasteiger partial charge in [-0.05, 0) is 24.3 Å². The zero-order valence-corrected chi connectivity index (χ0v) is 16.1. The lowest BCUT2D eigenvalue weighted by Crippen LogP contribution is -2.50. The molecule has 0 saturated heterocycles. The molecule has 1 N–H and O–H groups in total. The van der Waals surface area contributed by atoms with Crippen molar-refractivity contribution in [3.8, 4) is 17.2 Å². The summed E-state index contributed by atoms with van der Waals surface area (Å²) in [7, 11) is -2.48. The van der Waals surface area contributed by atoms with Crippen LogP contribution >= 0.6 is 0 Å². The summed E-state index contributed by atoms with van der Waals surface area (Å²) in [6.45, 7) is 0.840. The molecule has 2 heterocycles. The molecule has 0 bridgehead atoms. The lowest BCUT2D eigenvalue weighted by atomic mass is 10.2. The minimum atomic E-state index is -3.96. The summed E-state index contributed by atoms with van der Waals surface area (Å²) in [6, 6.07) is 11.3. The van der Waals surface area contributed by atoms with Crippen molar-refractivity contribution in [1.82, 2.24) is 5.32 Å². The molecule has 2 aromatic rings. The van der Waals surface area contributed by atoms with E-state index < -0.39 is 22.0 Å². The Morgan fingerprint density at radius 2 is 1.82 bits per heavy atom. The van der Waals surface area contributed by atoms with Crippen LogP contribution < -0.4 is 23.8 Å². The first-order valence-corrected chi connectivity index (χ1v) is 10.3. The molecule has 0 fully saturated rings. The van der Waals surface area contributed by atoms with E-state index >= 15 is 0 Å². The second-order valence-corrected chi connectivity index (χ2v) is 8.25. The molecule has 1 amide bonds. The average molecular weight is 404 g/mol. The van der Waals surface area contributed by atoms with E-state index in [1.807, 2.05) is 0 Å². The molecule has 148 valence electrons. The lowest BCUT2D eigenvalue weighted by Gasteiger charge is -2.34. The summed E-state index contributed by atoms with van der Waals surface area (Å²) in [4.78, 5) is 12.2. The number of carbonyl (C=O) groups excluding carboxylic acids is 1. The van der Waals surface area contributed by atoms with Gasteiger partial charge in [-0.25, -0.2) is 8.42 Å². The third-order valence-corrected chi connectivity index (χ3v) is 6.36. The van der Waals surface area contributed by atoms with E-state index in [4.69, 9.17) is 14.2 Å². The van der Waals surface area contributed by atoms with Gasteiger partial charge in [0.2, 0.25) is 0 Å². The van der Waals surface area contributed by atoms with Crippen molar-refractivity contribution in [2.24, 2.45) is 0 Å². The van der Waals surface area contributed by atoms with Crippen LogP contribution in [-0.4, -0.2) is 47.2 Å². The standard InChI is InChI=1S/C19H20N2O6S/c1-20-19(22)18-12-21(14-5-2-3-6-15(14)27-18)28(23,24)13-7-8-16-17(11-13)26-10-4-9-25-16/h2-3,5-8,11,18H,4,9-10,12H2,1H3,(H,20,22). The molecule has 0 saturated carbocycles. The number of anilines is 1. The highest BCUT2D eigenvalue weighted by Crippen LogP contribution is 2.39. The highest BCUT2D eigenvalue weighted by molar-refractivity contribution is 7.92. The number of nitrogens with zero attached hydrogens (tertiary/aromatic N) is 1. The fourth-order valence-corrected chi connectivity index (χ4v) is 4.65. The number of carbonyl (C=O) groups is 1. The second kappa shape index (κ2) is 7.23. The Balaban J connectivity index is 1.76. The summed E-state index contributed by atoms with van der Waals surface area (Å²) in [5.41, 5.74) is 0.384. The molecule has 2 aliphatic rings. The zero-order chi connectivity index (χ0) is 19.7. The molecule has 1 unspecified atom stereocenters. The van der Waals surface area contributed by atoms with Crippen molar-refractivity contribution in [3.05, 3.63) is 42.5 Å². The van der Waals surface area contributed by atoms with Crippen LogP contribution in [0, 0.1) is 0 Å². The van der Waals surface area contributed by atoms with E-state index in [1.165, 1.54) is 23.5 Å². The molecule has 0 spiro atoms. The Kier molecular flexibility index (Phi) is 4.76. The van der Waals surface area contributed by atoms with E-state index in [0.29, 0.717) is 36.1 Å². The fraction of sp³-hybridized carbons (Fsp3) is 0.316. The van der Waals surface area contributed by atoms with E-state index in [9.17, 15) is 13.2 Å². The van der Waals surface area contributed by atoms with Crippen molar-refractivity contribution in [2.75, 3.05) is 31.1 Å². The molecule has 0 aliphatic carbocycles. The third-order valence-electron chi connectivity index (χ3n) is 4.58. The highest BCUT2D eigenvalue weighted by atomic mass is 32.2. The van der Waals surface area contributed by atoms with Crippen LogP contribution in [0.15, 0.2) is 47.4 Å². The van der Waals surface area contributed by atoms with E-state index in [-0.39, 0.29) is 11.4 Å². The first-order valence-electron chi connectivity index (χ1n) is 8.90. The summed E-state index contributed by atoms with van der Waals surface area (Å²) in [5.74, 6) is 0.846. The third kappa shape index (κ3) is 3.22. The number of hydrogen-bond donors (Lipinski definition) is 1. The molecular formula is C19H20N2O6S. The molecular weight excluding hydrogens is 384 g/mol. The van der Waals surface area contributed by atoms with Crippen LogP contribution in [-0.2, 0) is 14.8 Å². The minimum Gasteiger partial charge on any atom is -0.490 e. The predicted octanol–water partition coefficient (Wildman–Crippen LogP) is 1.55. The summed E-state index contributed by atoms with van der Waals surface area (Å²) >= 11 is 0. The van der Waals surface area contributed by atoms with Gasteiger partial charge in [0.1, 0.15) is 5.75 Å². The maximum atomic E-state index is 13.4. The molecule has 4 rings (SSSR count). The average Bonchev–Trinajstić information content (AvgIpc) is 2.97. The second-order valence-electron chi connectivity index (χ2n) is 6.38. The van der Waals surface area contributed by atoms with Gasteiger partial charge in [0.15, 0.2) is 17.6 Å². The molecule has 28 heavy (non-hydrogen) atoms. The lowest BCUT2D eigenvalue weighted by molar-refractivity contribution is -0.127. The number of likely N-dealkylation sites (N-methyl/N-ethyl adjacent to an activating group) is 1. The number of benzene rings is 2. The molecule has 9 heteroatoms. The van der Waals surface area contributed by atoms with Gasteiger partial charge in [0, 0.05) is 19.5 Å². The molecule has 2 aromatic carbocycles. The largest absolute Gasteiger partial charge is 0.490 e. The van der Waals surface area contributed by atoms with Gasteiger partial charge >= 0.3 is 0 Å².